The molecule has 0 radical (unpaired) electrons. The minimum absolute atomic E-state index is 0.146. The van der Waals surface area contributed by atoms with E-state index in [0.717, 1.165) is 38.8 Å². The van der Waals surface area contributed by atoms with E-state index in [2.05, 4.69) is 32.5 Å². The monoisotopic (exact) mass is 819 g/mol. The number of anilines is 4. The van der Waals surface area contributed by atoms with Crippen molar-refractivity contribution in [1.82, 2.24) is 24.7 Å². The molecule has 60 heavy (non-hydrogen) atoms. The van der Waals surface area contributed by atoms with E-state index >= 15 is 0 Å². The summed E-state index contributed by atoms with van der Waals surface area (Å²) in [4.78, 5) is 69.1. The zero-order valence-corrected chi connectivity index (χ0v) is 35.7. The molecular weight excluding hydrogens is 763 g/mol. The first-order chi connectivity index (χ1) is 29.0. The van der Waals surface area contributed by atoms with Gasteiger partial charge in [-0.15, -0.1) is 0 Å². The molecule has 15 heteroatoms. The van der Waals surface area contributed by atoms with Gasteiger partial charge in [-0.05, 0) is 122 Å². The van der Waals surface area contributed by atoms with Crippen LogP contribution in [0.4, 0.5) is 22.7 Å². The topological polar surface area (TPSA) is 159 Å². The number of hydrogen-bond donors (Lipinski definition) is 4. The van der Waals surface area contributed by atoms with E-state index < -0.39 is 0 Å². The molecule has 0 spiro atoms. The Labute approximate surface area is 349 Å². The molecule has 0 aliphatic heterocycles. The number of likely N-dealkylation sites (N-methyl/N-ethyl adjacent to an activating group) is 2. The Balaban J connectivity index is 1.13. The second-order valence-corrected chi connectivity index (χ2v) is 15.6. The largest absolute Gasteiger partial charge is 0.497 e. The summed E-state index contributed by atoms with van der Waals surface area (Å²) in [5.74, 6) is 1.17. The highest BCUT2D eigenvalue weighted by atomic mass is 16.5. The van der Waals surface area contributed by atoms with Crippen LogP contribution in [0.5, 0.6) is 11.5 Å². The fraction of sp³-hybridized carbons (Fsp3) is 0.378. The van der Waals surface area contributed by atoms with Gasteiger partial charge in [-0.25, -0.2) is 0 Å². The van der Waals surface area contributed by atoms with Crippen LogP contribution in [0.25, 0.3) is 43.6 Å². The highest BCUT2D eigenvalue weighted by Gasteiger charge is 2.20. The van der Waals surface area contributed by atoms with Crippen molar-refractivity contribution in [1.29, 1.82) is 0 Å². The number of hydrogen-bond acceptors (Lipinski definition) is 11. The molecule has 6 aromatic rings. The Morgan fingerprint density at radius 1 is 0.567 bits per heavy atom. The number of nitrogens with zero attached hydrogens (tertiary/aromatic N) is 5. The first-order valence-corrected chi connectivity index (χ1v) is 20.2. The summed E-state index contributed by atoms with van der Waals surface area (Å²) in [7, 11) is 13.0. The van der Waals surface area contributed by atoms with Gasteiger partial charge in [-0.1, -0.05) is 0 Å². The second kappa shape index (κ2) is 19.7. The third-order valence-corrected chi connectivity index (χ3v) is 10.8. The number of carbonyl (C=O) groups is 2. The first kappa shape index (κ1) is 43.4. The number of carbonyl (C=O) groups excluding carboxylic acids is 2. The summed E-state index contributed by atoms with van der Waals surface area (Å²) in [6.45, 7) is 5.12. The van der Waals surface area contributed by atoms with Crippen molar-refractivity contribution < 1.29 is 19.1 Å². The smallest absolute Gasteiger partial charge is 0.214 e. The van der Waals surface area contributed by atoms with Gasteiger partial charge < -0.3 is 54.6 Å². The quantitative estimate of drug-likeness (QED) is 0.0416. The first-order valence-electron chi connectivity index (χ1n) is 20.2. The molecule has 0 aliphatic carbocycles. The van der Waals surface area contributed by atoms with Gasteiger partial charge in [0.1, 0.15) is 11.5 Å². The number of H-pyrrole nitrogens is 2. The number of aromatic nitrogens is 2. The van der Waals surface area contributed by atoms with Gasteiger partial charge >= 0.3 is 0 Å². The molecule has 0 atom stereocenters. The molecule has 0 unspecified atom stereocenters. The van der Waals surface area contributed by atoms with E-state index in [1.165, 1.54) is 0 Å². The SMILES string of the molecule is COc1ccc2[nH]c3c(N(C=O)CCN(C)C)ccc(NCCCN(C)CCCNc4ccc(N(C=O)CCN(C)C)c5[nH]c6ccc(OC)cc6c(=O)c45)c3c(=O)c2c1. The zero-order chi connectivity index (χ0) is 42.9. The second-order valence-electron chi connectivity index (χ2n) is 15.6. The molecule has 4 aromatic carbocycles. The lowest BCUT2D eigenvalue weighted by Gasteiger charge is -2.23. The highest BCUT2D eigenvalue weighted by Crippen LogP contribution is 2.33. The summed E-state index contributed by atoms with van der Waals surface area (Å²) >= 11 is 0. The molecule has 2 heterocycles. The van der Waals surface area contributed by atoms with Crippen molar-refractivity contribution in [2.24, 2.45) is 0 Å². The maximum absolute atomic E-state index is 14.1. The molecular formula is C45H57N9O6. The van der Waals surface area contributed by atoms with E-state index in [1.807, 2.05) is 74.4 Å². The minimum atomic E-state index is -0.146. The lowest BCUT2D eigenvalue weighted by Crippen LogP contribution is -2.31. The summed E-state index contributed by atoms with van der Waals surface area (Å²) in [6.07, 6.45) is 3.24. The average Bonchev–Trinajstić information content (AvgIpc) is 3.24. The van der Waals surface area contributed by atoms with Crippen LogP contribution in [0.1, 0.15) is 12.8 Å². The van der Waals surface area contributed by atoms with Gasteiger partial charge in [-0.3, -0.25) is 19.2 Å². The lowest BCUT2D eigenvalue weighted by atomic mass is 10.1. The van der Waals surface area contributed by atoms with Crippen LogP contribution < -0.4 is 40.8 Å². The third kappa shape index (κ3) is 9.65. The predicted octanol–water partition coefficient (Wildman–Crippen LogP) is 4.98. The zero-order valence-electron chi connectivity index (χ0n) is 35.7. The fourth-order valence-electron chi connectivity index (χ4n) is 7.45. The maximum Gasteiger partial charge on any atom is 0.214 e. The Morgan fingerprint density at radius 3 is 1.35 bits per heavy atom. The average molecular weight is 820 g/mol. The van der Waals surface area contributed by atoms with E-state index in [0.29, 0.717) is 117 Å². The molecule has 0 fully saturated rings. The Morgan fingerprint density at radius 2 is 0.983 bits per heavy atom. The number of amides is 2. The lowest BCUT2D eigenvalue weighted by molar-refractivity contribution is -0.108. The van der Waals surface area contributed by atoms with Crippen LogP contribution in [0.3, 0.4) is 0 Å². The number of ether oxygens (including phenoxy) is 2. The Hall–Kier alpha value is -6.16. The van der Waals surface area contributed by atoms with Gasteiger partial charge in [-0.2, -0.15) is 0 Å². The summed E-state index contributed by atoms with van der Waals surface area (Å²) in [5, 5.41) is 8.99. The van der Waals surface area contributed by atoms with Crippen LogP contribution in [0, 0.1) is 0 Å². The van der Waals surface area contributed by atoms with Crippen molar-refractivity contribution in [2.45, 2.75) is 12.8 Å². The van der Waals surface area contributed by atoms with Gasteiger partial charge in [0, 0.05) is 61.4 Å². The molecule has 0 bridgehead atoms. The number of nitrogens with one attached hydrogen (secondary N) is 4. The van der Waals surface area contributed by atoms with Crippen LogP contribution in [-0.4, -0.2) is 139 Å². The van der Waals surface area contributed by atoms with Crippen LogP contribution in [0.2, 0.25) is 0 Å². The van der Waals surface area contributed by atoms with E-state index in [9.17, 15) is 19.2 Å². The van der Waals surface area contributed by atoms with Gasteiger partial charge in [0.15, 0.2) is 10.9 Å². The van der Waals surface area contributed by atoms with Gasteiger partial charge in [0.2, 0.25) is 12.8 Å². The molecule has 4 N–H and O–H groups in total. The molecule has 0 saturated carbocycles. The number of methoxy groups -OCH3 is 2. The van der Waals surface area contributed by atoms with Gasteiger partial charge in [0.05, 0.1) is 58.4 Å². The fourth-order valence-corrected chi connectivity index (χ4v) is 7.45. The Kier molecular flexibility index (Phi) is 14.3. The number of pyridine rings is 2. The van der Waals surface area contributed by atoms with Crippen LogP contribution >= 0.6 is 0 Å². The molecule has 2 aromatic heterocycles. The van der Waals surface area contributed by atoms with Crippen molar-refractivity contribution in [3.05, 3.63) is 81.1 Å². The standard InChI is InChI=1S/C45H57N9O6/c1-50(2)22-24-53(28-55)38-16-14-36(40-42(38)48-34-12-10-30(59-6)26-32(34)44(40)57)46-18-8-20-52(5)21-9-19-47-37-15-17-39(54(29-56)25-23-51(3)4)43-41(37)45(58)33-27-31(60-7)11-13-35(33)49-43/h10-17,26-29,46-47H,8-9,18-25H2,1-7H3,(H,48,57)(H,49,58). The van der Waals surface area contributed by atoms with Crippen molar-refractivity contribution in [2.75, 3.05) is 122 Å². The molecule has 2 amide bonds. The number of rotatable bonds is 22. The maximum atomic E-state index is 14.1. The number of fused-ring (bicyclic) bond motifs is 4. The van der Waals surface area contributed by atoms with E-state index in [1.54, 1.807) is 48.3 Å². The minimum Gasteiger partial charge on any atom is -0.497 e. The van der Waals surface area contributed by atoms with Crippen LogP contribution in [0.15, 0.2) is 70.3 Å². The van der Waals surface area contributed by atoms with Gasteiger partial charge in [0.25, 0.3) is 0 Å². The van der Waals surface area contributed by atoms with Crippen LogP contribution in [-0.2, 0) is 9.59 Å². The molecule has 15 nitrogen and oxygen atoms in total. The molecule has 0 aliphatic rings. The number of benzene rings is 4. The van der Waals surface area contributed by atoms with E-state index in [4.69, 9.17) is 9.47 Å². The van der Waals surface area contributed by atoms with E-state index in [-0.39, 0.29) is 10.9 Å². The molecule has 318 valence electrons. The van der Waals surface area contributed by atoms with Crippen molar-refractivity contribution in [3.8, 4) is 11.5 Å². The predicted molar refractivity (Wildman–Crippen MR) is 245 cm³/mol. The third-order valence-electron chi connectivity index (χ3n) is 10.8. The molecule has 6 rings (SSSR count). The summed E-state index contributed by atoms with van der Waals surface area (Å²) in [6, 6.07) is 18.2. The molecule has 0 saturated heterocycles. The summed E-state index contributed by atoms with van der Waals surface area (Å²) in [5.41, 5.74) is 4.89. The highest BCUT2D eigenvalue weighted by molar-refractivity contribution is 6.08. The normalized spacial score (nSPS) is 11.6. The summed E-state index contributed by atoms with van der Waals surface area (Å²) < 4.78 is 10.8. The Bertz CT molecular complexity index is 2410. The van der Waals surface area contributed by atoms with Crippen molar-refractivity contribution in [3.63, 3.8) is 0 Å². The number of aromatic amines is 2. The van der Waals surface area contributed by atoms with Crippen molar-refractivity contribution >= 4 is 79.2 Å².